The molecule has 4 rings (SSSR count). The van der Waals surface area contributed by atoms with Crippen LogP contribution in [0.1, 0.15) is 12.5 Å². The second kappa shape index (κ2) is 7.01. The molecule has 3 heterocycles. The van der Waals surface area contributed by atoms with E-state index in [-0.39, 0.29) is 18.3 Å². The zero-order valence-electron chi connectivity index (χ0n) is 15.7. The van der Waals surface area contributed by atoms with E-state index in [4.69, 9.17) is 4.74 Å². The maximum atomic E-state index is 14.8. The largest absolute Gasteiger partial charge is 0.413 e. The van der Waals surface area contributed by atoms with Gasteiger partial charge in [0.15, 0.2) is 11.4 Å². The van der Waals surface area contributed by atoms with Crippen molar-refractivity contribution in [3.63, 3.8) is 0 Å². The Kier molecular flexibility index (Phi) is 4.76. The van der Waals surface area contributed by atoms with E-state index in [2.05, 4.69) is 4.98 Å². The molecule has 1 aromatic carbocycles. The van der Waals surface area contributed by atoms with Crippen molar-refractivity contribution in [3.05, 3.63) is 52.1 Å². The van der Waals surface area contributed by atoms with Crippen LogP contribution in [-0.2, 0) is 17.8 Å². The molecule has 156 valence electrons. The number of ether oxygens (including phenoxy) is 1. The lowest BCUT2D eigenvalue weighted by Crippen LogP contribution is -2.55. The third-order valence-corrected chi connectivity index (χ3v) is 5.48. The SMILES string of the molecule is C[C@]1(C(F)(F)F)Cn2c(nc(N3CCOCC3)c(F)c2=O)N1Cc1ccccc1. The predicted octanol–water partition coefficient (Wildman–Crippen LogP) is 2.56. The number of benzene rings is 1. The number of hydrogen-bond donors (Lipinski definition) is 0. The summed E-state index contributed by atoms with van der Waals surface area (Å²) in [6.07, 6.45) is -4.66. The molecule has 2 aliphatic rings. The second-order valence-electron chi connectivity index (χ2n) is 7.38. The summed E-state index contributed by atoms with van der Waals surface area (Å²) in [6, 6.07) is 8.61. The molecule has 2 aromatic rings. The minimum Gasteiger partial charge on any atom is -0.378 e. The average molecular weight is 412 g/mol. The zero-order chi connectivity index (χ0) is 20.8. The highest BCUT2D eigenvalue weighted by molar-refractivity contribution is 5.51. The highest BCUT2D eigenvalue weighted by Crippen LogP contribution is 2.44. The van der Waals surface area contributed by atoms with Crippen LogP contribution in [0, 0.1) is 5.82 Å². The molecule has 0 aliphatic carbocycles. The standard InChI is InChI=1S/C19H20F4N4O2/c1-18(19(21,22)23)12-26-16(28)14(20)15(25-7-9-29-10-8-25)24-17(26)27(18)11-13-5-3-2-4-6-13/h2-6H,7-12H2,1H3/t18-/m1/s1. The first-order valence-electron chi connectivity index (χ1n) is 9.24. The maximum absolute atomic E-state index is 14.8. The number of hydrogen-bond acceptors (Lipinski definition) is 5. The van der Waals surface area contributed by atoms with Gasteiger partial charge in [-0.3, -0.25) is 9.36 Å². The highest BCUT2D eigenvalue weighted by atomic mass is 19.4. The van der Waals surface area contributed by atoms with Gasteiger partial charge in [0.05, 0.1) is 19.8 Å². The lowest BCUT2D eigenvalue weighted by molar-refractivity contribution is -0.182. The summed E-state index contributed by atoms with van der Waals surface area (Å²) in [6.45, 7) is 1.45. The highest BCUT2D eigenvalue weighted by Gasteiger charge is 2.60. The molecule has 0 saturated carbocycles. The van der Waals surface area contributed by atoms with E-state index in [0.717, 1.165) is 16.4 Å². The Bertz CT molecular complexity index is 957. The van der Waals surface area contributed by atoms with Gasteiger partial charge in [0.1, 0.15) is 0 Å². The second-order valence-corrected chi connectivity index (χ2v) is 7.38. The third-order valence-electron chi connectivity index (χ3n) is 5.48. The molecule has 0 spiro atoms. The summed E-state index contributed by atoms with van der Waals surface area (Å²) in [4.78, 5) is 19.4. The van der Waals surface area contributed by atoms with Gasteiger partial charge in [-0.05, 0) is 12.5 Å². The van der Waals surface area contributed by atoms with E-state index < -0.39 is 29.6 Å². The third kappa shape index (κ3) is 3.25. The van der Waals surface area contributed by atoms with E-state index in [1.165, 1.54) is 4.90 Å². The molecule has 0 amide bonds. The zero-order valence-corrected chi connectivity index (χ0v) is 15.7. The first-order valence-corrected chi connectivity index (χ1v) is 9.24. The van der Waals surface area contributed by atoms with Crippen molar-refractivity contribution in [1.82, 2.24) is 9.55 Å². The molecule has 0 unspecified atom stereocenters. The van der Waals surface area contributed by atoms with Gasteiger partial charge in [-0.1, -0.05) is 30.3 Å². The molecule has 29 heavy (non-hydrogen) atoms. The van der Waals surface area contributed by atoms with Crippen LogP contribution in [0.15, 0.2) is 35.1 Å². The van der Waals surface area contributed by atoms with Crippen molar-refractivity contribution < 1.29 is 22.3 Å². The molecular formula is C19H20F4N4O2. The molecule has 1 aromatic heterocycles. The van der Waals surface area contributed by atoms with Crippen LogP contribution >= 0.6 is 0 Å². The Balaban J connectivity index is 1.84. The van der Waals surface area contributed by atoms with E-state index >= 15 is 0 Å². The molecule has 2 aliphatic heterocycles. The van der Waals surface area contributed by atoms with Crippen LogP contribution in [0.3, 0.4) is 0 Å². The van der Waals surface area contributed by atoms with E-state index in [1.807, 2.05) is 0 Å². The number of nitrogens with zero attached hydrogens (tertiary/aromatic N) is 4. The number of fused-ring (bicyclic) bond motifs is 1. The fourth-order valence-electron chi connectivity index (χ4n) is 3.71. The van der Waals surface area contributed by atoms with Crippen molar-refractivity contribution in [3.8, 4) is 0 Å². The van der Waals surface area contributed by atoms with Gasteiger partial charge in [0.2, 0.25) is 11.8 Å². The molecular weight excluding hydrogens is 392 g/mol. The van der Waals surface area contributed by atoms with Crippen LogP contribution in [0.2, 0.25) is 0 Å². The topological polar surface area (TPSA) is 50.6 Å². The monoisotopic (exact) mass is 412 g/mol. The summed E-state index contributed by atoms with van der Waals surface area (Å²) in [7, 11) is 0. The Morgan fingerprint density at radius 2 is 1.83 bits per heavy atom. The fourth-order valence-corrected chi connectivity index (χ4v) is 3.71. The van der Waals surface area contributed by atoms with Crippen LogP contribution in [0.4, 0.5) is 29.3 Å². The normalized spacial score (nSPS) is 22.1. The minimum atomic E-state index is -4.66. The molecule has 6 nitrogen and oxygen atoms in total. The molecule has 1 atom stereocenters. The first kappa shape index (κ1) is 19.7. The molecule has 1 fully saturated rings. The maximum Gasteiger partial charge on any atom is 0.413 e. The fraction of sp³-hybridized carbons (Fsp3) is 0.474. The molecule has 1 saturated heterocycles. The Morgan fingerprint density at radius 1 is 1.17 bits per heavy atom. The number of anilines is 2. The summed E-state index contributed by atoms with van der Waals surface area (Å²) in [5, 5.41) is 0. The average Bonchev–Trinajstić information content (AvgIpc) is 2.99. The molecule has 0 bridgehead atoms. The summed E-state index contributed by atoms with van der Waals surface area (Å²) >= 11 is 0. The predicted molar refractivity (Wildman–Crippen MR) is 98.6 cm³/mol. The number of alkyl halides is 3. The summed E-state index contributed by atoms with van der Waals surface area (Å²) in [5.74, 6) is -1.54. The smallest absolute Gasteiger partial charge is 0.378 e. The summed E-state index contributed by atoms with van der Waals surface area (Å²) in [5.41, 5.74) is -2.86. The minimum absolute atomic E-state index is 0.114. The van der Waals surface area contributed by atoms with E-state index in [1.54, 1.807) is 30.3 Å². The Morgan fingerprint density at radius 3 is 2.45 bits per heavy atom. The van der Waals surface area contributed by atoms with Gasteiger partial charge in [0, 0.05) is 19.6 Å². The van der Waals surface area contributed by atoms with Crippen LogP contribution in [-0.4, -0.2) is 47.6 Å². The van der Waals surface area contributed by atoms with Crippen molar-refractivity contribution in [2.24, 2.45) is 0 Å². The van der Waals surface area contributed by atoms with Crippen molar-refractivity contribution in [1.29, 1.82) is 0 Å². The lowest BCUT2D eigenvalue weighted by atomic mass is 10.00. The lowest BCUT2D eigenvalue weighted by Gasteiger charge is -2.37. The Hall–Kier alpha value is -2.62. The van der Waals surface area contributed by atoms with Gasteiger partial charge < -0.3 is 14.5 Å². The van der Waals surface area contributed by atoms with E-state index in [9.17, 15) is 22.4 Å². The molecule has 0 radical (unpaired) electrons. The van der Waals surface area contributed by atoms with Gasteiger partial charge in [-0.25, -0.2) is 0 Å². The van der Waals surface area contributed by atoms with E-state index in [0.29, 0.717) is 31.9 Å². The number of halogens is 4. The van der Waals surface area contributed by atoms with Crippen molar-refractivity contribution in [2.75, 3.05) is 36.1 Å². The van der Waals surface area contributed by atoms with Gasteiger partial charge in [-0.15, -0.1) is 0 Å². The van der Waals surface area contributed by atoms with Gasteiger partial charge in [0.25, 0.3) is 5.56 Å². The number of rotatable bonds is 3. The van der Waals surface area contributed by atoms with Crippen LogP contribution in [0.5, 0.6) is 0 Å². The van der Waals surface area contributed by atoms with Crippen LogP contribution < -0.4 is 15.4 Å². The van der Waals surface area contributed by atoms with Gasteiger partial charge >= 0.3 is 6.18 Å². The van der Waals surface area contributed by atoms with Crippen LogP contribution in [0.25, 0.3) is 0 Å². The van der Waals surface area contributed by atoms with Crippen molar-refractivity contribution in [2.45, 2.75) is 31.7 Å². The number of morpholine rings is 1. The Labute approximate surface area is 164 Å². The quantitative estimate of drug-likeness (QED) is 0.726. The van der Waals surface area contributed by atoms with Crippen molar-refractivity contribution >= 4 is 11.8 Å². The number of aromatic nitrogens is 2. The molecule has 10 heteroatoms. The first-order chi connectivity index (χ1) is 13.7. The van der Waals surface area contributed by atoms with Gasteiger partial charge in [-0.2, -0.15) is 22.5 Å². The summed E-state index contributed by atoms with van der Waals surface area (Å²) < 4.78 is 62.9. The molecule has 0 N–H and O–H groups in total.